The Morgan fingerprint density at radius 3 is 3.00 bits per heavy atom. The summed E-state index contributed by atoms with van der Waals surface area (Å²) in [5.74, 6) is -0.449. The number of halogens is 1. The number of hydrogen-bond donors (Lipinski definition) is 2. The van der Waals surface area contributed by atoms with Crippen LogP contribution in [0.1, 0.15) is 25.3 Å². The fraction of sp³-hybridized carbons (Fsp3) is 0.533. The lowest BCUT2D eigenvalue weighted by atomic mass is 10.00. The first-order valence-electron chi connectivity index (χ1n) is 6.91. The summed E-state index contributed by atoms with van der Waals surface area (Å²) in [7, 11) is 0. The Hall–Kier alpha value is -1.42. The van der Waals surface area contributed by atoms with Crippen LogP contribution < -0.4 is 10.6 Å². The molecule has 2 rings (SSSR count). The third-order valence-electron chi connectivity index (χ3n) is 3.62. The summed E-state index contributed by atoms with van der Waals surface area (Å²) in [4.78, 5) is 12.0. The Balaban J connectivity index is 1.80. The molecule has 104 valence electrons. The maximum Gasteiger partial charge on any atom is 0.223 e. The zero-order valence-electron chi connectivity index (χ0n) is 11.3. The van der Waals surface area contributed by atoms with Gasteiger partial charge >= 0.3 is 0 Å². The molecule has 0 saturated carbocycles. The van der Waals surface area contributed by atoms with E-state index in [1.165, 1.54) is 12.5 Å². The molecule has 1 fully saturated rings. The minimum absolute atomic E-state index is 0.00282. The number of carbonyl (C=O) groups is 1. The fourth-order valence-electron chi connectivity index (χ4n) is 2.42. The maximum absolute atomic E-state index is 13.5. The van der Waals surface area contributed by atoms with E-state index >= 15 is 0 Å². The number of benzene rings is 1. The molecule has 2 atom stereocenters. The largest absolute Gasteiger partial charge is 0.354 e. The summed E-state index contributed by atoms with van der Waals surface area (Å²) in [6.45, 7) is 3.54. The second-order valence-electron chi connectivity index (χ2n) is 5.24. The summed E-state index contributed by atoms with van der Waals surface area (Å²) >= 11 is 0. The quantitative estimate of drug-likeness (QED) is 0.852. The molecule has 0 bridgehead atoms. The van der Waals surface area contributed by atoms with Crippen LogP contribution in [-0.4, -0.2) is 25.0 Å². The smallest absolute Gasteiger partial charge is 0.223 e. The summed E-state index contributed by atoms with van der Waals surface area (Å²) in [6, 6.07) is 7.02. The fourth-order valence-corrected chi connectivity index (χ4v) is 2.42. The van der Waals surface area contributed by atoms with Crippen molar-refractivity contribution < 1.29 is 9.18 Å². The second kappa shape index (κ2) is 6.66. The van der Waals surface area contributed by atoms with Gasteiger partial charge in [0.05, 0.1) is 0 Å². The second-order valence-corrected chi connectivity index (χ2v) is 5.24. The van der Waals surface area contributed by atoms with Gasteiger partial charge in [-0.2, -0.15) is 0 Å². The number of carbonyl (C=O) groups excluding carboxylic acids is 1. The molecule has 3 nitrogen and oxygen atoms in total. The van der Waals surface area contributed by atoms with E-state index in [1.54, 1.807) is 18.2 Å². The van der Waals surface area contributed by atoms with Gasteiger partial charge in [-0.3, -0.25) is 4.79 Å². The lowest BCUT2D eigenvalue weighted by Crippen LogP contribution is -2.39. The number of hydrogen-bond acceptors (Lipinski definition) is 2. The SMILES string of the molecule is CC(Cc1ccccc1F)C(=O)NCC1CCCN1. The van der Waals surface area contributed by atoms with E-state index in [1.807, 2.05) is 6.92 Å². The van der Waals surface area contributed by atoms with Crippen LogP contribution in [0, 0.1) is 11.7 Å². The topological polar surface area (TPSA) is 41.1 Å². The van der Waals surface area contributed by atoms with Gasteiger partial charge in [-0.05, 0) is 37.4 Å². The molecule has 0 aromatic heterocycles. The van der Waals surface area contributed by atoms with Crippen molar-refractivity contribution in [2.24, 2.45) is 5.92 Å². The molecule has 1 aromatic rings. The van der Waals surface area contributed by atoms with E-state index < -0.39 is 0 Å². The van der Waals surface area contributed by atoms with Crippen molar-refractivity contribution in [3.63, 3.8) is 0 Å². The van der Waals surface area contributed by atoms with Gasteiger partial charge in [0.25, 0.3) is 0 Å². The van der Waals surface area contributed by atoms with E-state index in [4.69, 9.17) is 0 Å². The molecule has 1 aliphatic rings. The molecule has 0 aliphatic carbocycles. The first kappa shape index (κ1) is 14.0. The van der Waals surface area contributed by atoms with Gasteiger partial charge in [0.15, 0.2) is 0 Å². The van der Waals surface area contributed by atoms with Crippen molar-refractivity contribution in [3.8, 4) is 0 Å². The van der Waals surface area contributed by atoms with Crippen LogP contribution in [0.5, 0.6) is 0 Å². The Kier molecular flexibility index (Phi) is 4.91. The third kappa shape index (κ3) is 4.03. The highest BCUT2D eigenvalue weighted by Crippen LogP contribution is 2.13. The summed E-state index contributed by atoms with van der Waals surface area (Å²) in [6.07, 6.45) is 2.73. The highest BCUT2D eigenvalue weighted by molar-refractivity contribution is 5.78. The molecule has 1 amide bonds. The van der Waals surface area contributed by atoms with Gasteiger partial charge in [-0.15, -0.1) is 0 Å². The molecule has 1 aliphatic heterocycles. The zero-order valence-corrected chi connectivity index (χ0v) is 11.3. The molecule has 19 heavy (non-hydrogen) atoms. The lowest BCUT2D eigenvalue weighted by molar-refractivity contribution is -0.124. The molecule has 0 spiro atoms. The average Bonchev–Trinajstić information content (AvgIpc) is 2.91. The number of nitrogens with one attached hydrogen (secondary N) is 2. The van der Waals surface area contributed by atoms with Crippen LogP contribution in [0.2, 0.25) is 0 Å². The van der Waals surface area contributed by atoms with Crippen LogP contribution >= 0.6 is 0 Å². The minimum atomic E-state index is -0.236. The van der Waals surface area contributed by atoms with Gasteiger partial charge in [-0.1, -0.05) is 25.1 Å². The van der Waals surface area contributed by atoms with E-state index in [0.717, 1.165) is 13.0 Å². The average molecular weight is 264 g/mol. The van der Waals surface area contributed by atoms with Gasteiger partial charge in [0, 0.05) is 18.5 Å². The molecular formula is C15H21FN2O. The molecule has 4 heteroatoms. The first-order valence-corrected chi connectivity index (χ1v) is 6.91. The number of rotatable bonds is 5. The normalized spacial score (nSPS) is 20.2. The van der Waals surface area contributed by atoms with Crippen molar-refractivity contribution >= 4 is 5.91 Å². The lowest BCUT2D eigenvalue weighted by Gasteiger charge is -2.15. The molecule has 2 unspecified atom stereocenters. The monoisotopic (exact) mass is 264 g/mol. The molecule has 0 radical (unpaired) electrons. The highest BCUT2D eigenvalue weighted by atomic mass is 19.1. The van der Waals surface area contributed by atoms with Crippen molar-refractivity contribution in [2.75, 3.05) is 13.1 Å². The Morgan fingerprint density at radius 2 is 2.32 bits per heavy atom. The van der Waals surface area contributed by atoms with Gasteiger partial charge < -0.3 is 10.6 Å². The van der Waals surface area contributed by atoms with E-state index in [9.17, 15) is 9.18 Å². The predicted molar refractivity (Wildman–Crippen MR) is 73.3 cm³/mol. The van der Waals surface area contributed by atoms with Crippen LogP contribution in [0.15, 0.2) is 24.3 Å². The van der Waals surface area contributed by atoms with Crippen molar-refractivity contribution in [1.82, 2.24) is 10.6 Å². The van der Waals surface area contributed by atoms with E-state index in [0.29, 0.717) is 24.6 Å². The third-order valence-corrected chi connectivity index (χ3v) is 3.62. The van der Waals surface area contributed by atoms with Crippen molar-refractivity contribution in [2.45, 2.75) is 32.2 Å². The van der Waals surface area contributed by atoms with Gasteiger partial charge in [-0.25, -0.2) is 4.39 Å². The highest BCUT2D eigenvalue weighted by Gasteiger charge is 2.18. The molecule has 1 saturated heterocycles. The summed E-state index contributed by atoms with van der Waals surface area (Å²) in [5.41, 5.74) is 0.601. The zero-order chi connectivity index (χ0) is 13.7. The number of amides is 1. The Labute approximate surface area is 113 Å². The van der Waals surface area contributed by atoms with Crippen LogP contribution in [0.3, 0.4) is 0 Å². The van der Waals surface area contributed by atoms with E-state index in [2.05, 4.69) is 10.6 Å². The standard InChI is InChI=1S/C15H21FN2O/c1-11(9-12-5-2-3-7-14(12)16)15(19)18-10-13-6-4-8-17-13/h2-3,5,7,11,13,17H,4,6,8-10H2,1H3,(H,18,19). The summed E-state index contributed by atoms with van der Waals surface area (Å²) < 4.78 is 13.5. The van der Waals surface area contributed by atoms with Gasteiger partial charge in [0.2, 0.25) is 5.91 Å². The molecule has 1 aromatic carbocycles. The Morgan fingerprint density at radius 1 is 1.53 bits per heavy atom. The first-order chi connectivity index (χ1) is 9.16. The van der Waals surface area contributed by atoms with Crippen molar-refractivity contribution in [1.29, 1.82) is 0 Å². The molecule has 1 heterocycles. The maximum atomic E-state index is 13.5. The van der Waals surface area contributed by atoms with Crippen molar-refractivity contribution in [3.05, 3.63) is 35.6 Å². The van der Waals surface area contributed by atoms with E-state index in [-0.39, 0.29) is 17.6 Å². The van der Waals surface area contributed by atoms with Crippen LogP contribution in [0.4, 0.5) is 4.39 Å². The Bertz CT molecular complexity index is 430. The predicted octanol–water partition coefficient (Wildman–Crippen LogP) is 1.87. The minimum Gasteiger partial charge on any atom is -0.354 e. The summed E-state index contributed by atoms with van der Waals surface area (Å²) in [5, 5.41) is 6.28. The van der Waals surface area contributed by atoms with Gasteiger partial charge in [0.1, 0.15) is 5.82 Å². The van der Waals surface area contributed by atoms with Crippen LogP contribution in [-0.2, 0) is 11.2 Å². The van der Waals surface area contributed by atoms with Crippen LogP contribution in [0.25, 0.3) is 0 Å². The molecular weight excluding hydrogens is 243 g/mol. The molecule has 2 N–H and O–H groups in total.